The maximum Gasteiger partial charge on any atom is 0.241 e. The van der Waals surface area contributed by atoms with Gasteiger partial charge in [0.2, 0.25) is 11.8 Å². The highest BCUT2D eigenvalue weighted by Crippen LogP contribution is 2.22. The Labute approximate surface area is 136 Å². The van der Waals surface area contributed by atoms with Crippen molar-refractivity contribution in [2.75, 3.05) is 0 Å². The highest BCUT2D eigenvalue weighted by molar-refractivity contribution is 9.10. The second-order valence-corrected chi connectivity index (χ2v) is 5.44. The first-order valence-corrected chi connectivity index (χ1v) is 7.51. The minimum absolute atomic E-state index is 0.396. The van der Waals surface area contributed by atoms with Crippen LogP contribution in [0.5, 0.6) is 17.5 Å². The predicted octanol–water partition coefficient (Wildman–Crippen LogP) is 4.61. The number of hydrogen-bond donors (Lipinski definition) is 0. The lowest BCUT2D eigenvalue weighted by molar-refractivity contribution is 0.288. The van der Waals surface area contributed by atoms with Crippen LogP contribution >= 0.6 is 15.9 Å². The second kappa shape index (κ2) is 7.04. The lowest BCUT2D eigenvalue weighted by Crippen LogP contribution is -1.98. The van der Waals surface area contributed by atoms with Crippen molar-refractivity contribution in [2.24, 2.45) is 0 Å². The fraction of sp³-hybridized carbons (Fsp3) is 0.0588. The van der Waals surface area contributed by atoms with Gasteiger partial charge in [-0.1, -0.05) is 46.3 Å². The summed E-state index contributed by atoms with van der Waals surface area (Å²) < 4.78 is 12.3. The molecule has 2 aromatic carbocycles. The minimum Gasteiger partial charge on any atom is -0.472 e. The number of ether oxygens (including phenoxy) is 2. The smallest absolute Gasteiger partial charge is 0.241 e. The first kappa shape index (κ1) is 14.5. The van der Waals surface area contributed by atoms with E-state index >= 15 is 0 Å². The monoisotopic (exact) mass is 356 g/mol. The Morgan fingerprint density at radius 3 is 2.36 bits per heavy atom. The molecule has 0 bridgehead atoms. The zero-order valence-electron chi connectivity index (χ0n) is 11.6. The van der Waals surface area contributed by atoms with Crippen molar-refractivity contribution in [1.29, 1.82) is 0 Å². The van der Waals surface area contributed by atoms with E-state index in [0.717, 1.165) is 10.0 Å². The molecule has 0 saturated carbocycles. The maximum atomic E-state index is 5.65. The molecular weight excluding hydrogens is 344 g/mol. The first-order valence-electron chi connectivity index (χ1n) is 6.72. The molecule has 0 radical (unpaired) electrons. The van der Waals surface area contributed by atoms with Gasteiger partial charge in [0.15, 0.2) is 0 Å². The predicted molar refractivity (Wildman–Crippen MR) is 87.0 cm³/mol. The van der Waals surface area contributed by atoms with Gasteiger partial charge in [-0.05, 0) is 29.8 Å². The van der Waals surface area contributed by atoms with Crippen LogP contribution in [-0.4, -0.2) is 9.97 Å². The third-order valence-corrected chi connectivity index (χ3v) is 3.38. The van der Waals surface area contributed by atoms with Crippen LogP contribution in [0.25, 0.3) is 0 Å². The van der Waals surface area contributed by atoms with E-state index in [0.29, 0.717) is 24.1 Å². The van der Waals surface area contributed by atoms with Crippen molar-refractivity contribution in [1.82, 2.24) is 9.97 Å². The summed E-state index contributed by atoms with van der Waals surface area (Å²) in [6, 6.07) is 17.4. The van der Waals surface area contributed by atoms with Crippen molar-refractivity contribution in [3.05, 3.63) is 77.0 Å². The molecule has 0 atom stereocenters. The standard InChI is InChI=1S/C17H13BrN2O2/c18-14-6-8-15(9-7-14)22-17-11-19-10-16(20-17)21-12-13-4-2-1-3-5-13/h1-11H,12H2. The molecule has 4 nitrogen and oxygen atoms in total. The molecule has 3 rings (SSSR count). The van der Waals surface area contributed by atoms with Crippen molar-refractivity contribution < 1.29 is 9.47 Å². The summed E-state index contributed by atoms with van der Waals surface area (Å²) >= 11 is 3.38. The highest BCUT2D eigenvalue weighted by Gasteiger charge is 2.03. The molecule has 110 valence electrons. The molecule has 0 spiro atoms. The third kappa shape index (κ3) is 4.05. The van der Waals surface area contributed by atoms with Crippen LogP contribution < -0.4 is 9.47 Å². The number of nitrogens with zero attached hydrogens (tertiary/aromatic N) is 2. The van der Waals surface area contributed by atoms with Gasteiger partial charge in [-0.3, -0.25) is 4.98 Å². The van der Waals surface area contributed by atoms with Gasteiger partial charge in [0, 0.05) is 4.47 Å². The maximum absolute atomic E-state index is 5.65. The molecule has 1 aromatic heterocycles. The SMILES string of the molecule is Brc1ccc(Oc2cncc(OCc3ccccc3)n2)cc1. The summed E-state index contributed by atoms with van der Waals surface area (Å²) in [4.78, 5) is 8.38. The lowest BCUT2D eigenvalue weighted by atomic mass is 10.2. The molecule has 0 saturated heterocycles. The van der Waals surface area contributed by atoms with Gasteiger partial charge in [0.25, 0.3) is 0 Å². The Balaban J connectivity index is 1.66. The molecule has 1 heterocycles. The van der Waals surface area contributed by atoms with Crippen molar-refractivity contribution in [2.45, 2.75) is 6.61 Å². The van der Waals surface area contributed by atoms with E-state index < -0.39 is 0 Å². The molecule has 5 heteroatoms. The van der Waals surface area contributed by atoms with Gasteiger partial charge in [0.1, 0.15) is 12.4 Å². The Bertz CT molecular complexity index is 733. The average molecular weight is 357 g/mol. The number of rotatable bonds is 5. The van der Waals surface area contributed by atoms with E-state index in [1.54, 1.807) is 12.4 Å². The van der Waals surface area contributed by atoms with Crippen LogP contribution in [0.4, 0.5) is 0 Å². The Kier molecular flexibility index (Phi) is 4.65. The average Bonchev–Trinajstić information content (AvgIpc) is 2.57. The molecular formula is C17H13BrN2O2. The zero-order valence-corrected chi connectivity index (χ0v) is 13.2. The fourth-order valence-electron chi connectivity index (χ4n) is 1.80. The van der Waals surface area contributed by atoms with Crippen LogP contribution in [0.15, 0.2) is 71.5 Å². The van der Waals surface area contributed by atoms with Gasteiger partial charge in [-0.15, -0.1) is 0 Å². The van der Waals surface area contributed by atoms with Crippen molar-refractivity contribution >= 4 is 15.9 Å². The number of hydrogen-bond acceptors (Lipinski definition) is 4. The van der Waals surface area contributed by atoms with Gasteiger partial charge >= 0.3 is 0 Å². The van der Waals surface area contributed by atoms with Crippen LogP contribution in [-0.2, 0) is 6.61 Å². The largest absolute Gasteiger partial charge is 0.472 e. The molecule has 0 fully saturated rings. The molecule has 0 N–H and O–H groups in total. The van der Waals surface area contributed by atoms with Crippen molar-refractivity contribution in [3.63, 3.8) is 0 Å². The van der Waals surface area contributed by atoms with Gasteiger partial charge in [-0.25, -0.2) is 0 Å². The molecule has 0 aliphatic heterocycles. The minimum atomic E-state index is 0.396. The Morgan fingerprint density at radius 1 is 0.864 bits per heavy atom. The topological polar surface area (TPSA) is 44.2 Å². The zero-order chi connectivity index (χ0) is 15.2. The number of benzene rings is 2. The van der Waals surface area contributed by atoms with Gasteiger partial charge in [0.05, 0.1) is 12.4 Å². The van der Waals surface area contributed by atoms with Crippen LogP contribution in [0.2, 0.25) is 0 Å². The van der Waals surface area contributed by atoms with E-state index in [-0.39, 0.29) is 0 Å². The summed E-state index contributed by atoms with van der Waals surface area (Å²) in [5.74, 6) is 1.52. The summed E-state index contributed by atoms with van der Waals surface area (Å²) in [6.07, 6.45) is 3.12. The van der Waals surface area contributed by atoms with Gasteiger partial charge < -0.3 is 9.47 Å². The highest BCUT2D eigenvalue weighted by atomic mass is 79.9. The van der Waals surface area contributed by atoms with Crippen molar-refractivity contribution in [3.8, 4) is 17.5 Å². The van der Waals surface area contributed by atoms with Crippen LogP contribution in [0.1, 0.15) is 5.56 Å². The summed E-state index contributed by atoms with van der Waals surface area (Å²) in [7, 11) is 0. The Hall–Kier alpha value is -2.40. The van der Waals surface area contributed by atoms with Crippen LogP contribution in [0, 0.1) is 0 Å². The number of aromatic nitrogens is 2. The van der Waals surface area contributed by atoms with E-state index in [4.69, 9.17) is 9.47 Å². The molecule has 0 aliphatic carbocycles. The summed E-state index contributed by atoms with van der Waals surface area (Å²) in [6.45, 7) is 0.442. The normalized spacial score (nSPS) is 10.2. The molecule has 3 aromatic rings. The quantitative estimate of drug-likeness (QED) is 0.669. The molecule has 22 heavy (non-hydrogen) atoms. The molecule has 0 unspecified atom stereocenters. The number of halogens is 1. The Morgan fingerprint density at radius 2 is 1.59 bits per heavy atom. The second-order valence-electron chi connectivity index (χ2n) is 4.53. The molecule has 0 aliphatic rings. The van der Waals surface area contributed by atoms with Gasteiger partial charge in [-0.2, -0.15) is 4.98 Å². The van der Waals surface area contributed by atoms with Crippen LogP contribution in [0.3, 0.4) is 0 Å². The fourth-order valence-corrected chi connectivity index (χ4v) is 2.07. The van der Waals surface area contributed by atoms with E-state index in [1.807, 2.05) is 54.6 Å². The molecule has 0 amide bonds. The third-order valence-electron chi connectivity index (χ3n) is 2.86. The first-order chi connectivity index (χ1) is 10.8. The van der Waals surface area contributed by atoms with E-state index in [1.165, 1.54) is 0 Å². The lowest BCUT2D eigenvalue weighted by Gasteiger charge is -2.07. The summed E-state index contributed by atoms with van der Waals surface area (Å²) in [5.41, 5.74) is 1.07. The van der Waals surface area contributed by atoms with E-state index in [2.05, 4.69) is 25.9 Å². The summed E-state index contributed by atoms with van der Waals surface area (Å²) in [5, 5.41) is 0. The van der Waals surface area contributed by atoms with E-state index in [9.17, 15) is 0 Å².